The summed E-state index contributed by atoms with van der Waals surface area (Å²) in [6.45, 7) is 1.94. The number of hydrogen-bond donors (Lipinski definition) is 2. The van der Waals surface area contributed by atoms with Crippen LogP contribution in [0.25, 0.3) is 0 Å². The zero-order chi connectivity index (χ0) is 13.5. The molecule has 1 fully saturated rings. The molecule has 1 aliphatic carbocycles. The van der Waals surface area contributed by atoms with E-state index in [9.17, 15) is 0 Å². The summed E-state index contributed by atoms with van der Waals surface area (Å²) in [5.74, 6) is 0. The predicted molar refractivity (Wildman–Crippen MR) is 79.0 cm³/mol. The van der Waals surface area contributed by atoms with Crippen LogP contribution in [0.2, 0.25) is 0 Å². The van der Waals surface area contributed by atoms with Gasteiger partial charge in [0.05, 0.1) is 6.61 Å². The zero-order valence-electron chi connectivity index (χ0n) is 11.9. The van der Waals surface area contributed by atoms with E-state index in [1.54, 1.807) is 0 Å². The molecule has 0 aliphatic heterocycles. The van der Waals surface area contributed by atoms with Crippen molar-refractivity contribution in [1.29, 1.82) is 0 Å². The third-order valence-electron chi connectivity index (χ3n) is 4.09. The van der Waals surface area contributed by atoms with Gasteiger partial charge in [-0.3, -0.25) is 4.90 Å². The van der Waals surface area contributed by atoms with E-state index in [0.717, 1.165) is 6.54 Å². The van der Waals surface area contributed by atoms with Crippen LogP contribution in [0, 0.1) is 0 Å². The van der Waals surface area contributed by atoms with Gasteiger partial charge >= 0.3 is 0 Å². The summed E-state index contributed by atoms with van der Waals surface area (Å²) in [6.07, 6.45) is 5.11. The molecular weight excluding hydrogens is 236 g/mol. The highest BCUT2D eigenvalue weighted by Gasteiger charge is 2.27. The summed E-state index contributed by atoms with van der Waals surface area (Å²) in [4.78, 5) is 2.46. The lowest BCUT2D eigenvalue weighted by Gasteiger charge is -2.38. The lowest BCUT2D eigenvalue weighted by molar-refractivity contribution is 0.138. The molecule has 0 aromatic heterocycles. The Morgan fingerprint density at radius 2 is 1.95 bits per heavy atom. The molecular formula is C16H26N2O. The van der Waals surface area contributed by atoms with Gasteiger partial charge in [0.25, 0.3) is 0 Å². The molecule has 0 heterocycles. The second kappa shape index (κ2) is 7.63. The Morgan fingerprint density at radius 3 is 2.68 bits per heavy atom. The Bertz CT molecular complexity index is 355. The summed E-state index contributed by atoms with van der Waals surface area (Å²) < 4.78 is 0. The summed E-state index contributed by atoms with van der Waals surface area (Å²) in [7, 11) is 2.22. The molecule has 0 spiro atoms. The maximum absolute atomic E-state index is 8.98. The Labute approximate surface area is 116 Å². The molecule has 1 aliphatic rings. The highest BCUT2D eigenvalue weighted by atomic mass is 16.3. The average molecular weight is 262 g/mol. The first-order valence-corrected chi connectivity index (χ1v) is 7.39. The van der Waals surface area contributed by atoms with E-state index in [4.69, 9.17) is 5.11 Å². The lowest BCUT2D eigenvalue weighted by atomic mass is 9.89. The monoisotopic (exact) mass is 262 g/mol. The van der Waals surface area contributed by atoms with Gasteiger partial charge in [-0.05, 0) is 25.5 Å². The minimum atomic E-state index is 0.228. The van der Waals surface area contributed by atoms with Crippen molar-refractivity contribution in [3.05, 3.63) is 35.9 Å². The maximum Gasteiger partial charge on any atom is 0.0556 e. The lowest BCUT2D eigenvalue weighted by Crippen LogP contribution is -2.50. The van der Waals surface area contributed by atoms with Crippen LogP contribution in [0.15, 0.2) is 30.3 Å². The van der Waals surface area contributed by atoms with E-state index in [2.05, 4.69) is 47.6 Å². The van der Waals surface area contributed by atoms with E-state index in [1.807, 2.05) is 0 Å². The van der Waals surface area contributed by atoms with Crippen molar-refractivity contribution in [2.75, 3.05) is 20.2 Å². The van der Waals surface area contributed by atoms with Gasteiger partial charge in [-0.15, -0.1) is 0 Å². The van der Waals surface area contributed by atoms with Gasteiger partial charge < -0.3 is 10.4 Å². The molecule has 3 nitrogen and oxygen atoms in total. The summed E-state index contributed by atoms with van der Waals surface area (Å²) >= 11 is 0. The normalized spacial score (nSPS) is 23.7. The van der Waals surface area contributed by atoms with Crippen LogP contribution < -0.4 is 5.32 Å². The second-order valence-electron chi connectivity index (χ2n) is 5.54. The number of likely N-dealkylation sites (N-methyl/N-ethyl adjacent to an activating group) is 1. The smallest absolute Gasteiger partial charge is 0.0556 e. The molecule has 0 saturated heterocycles. The Morgan fingerprint density at radius 1 is 1.21 bits per heavy atom. The standard InChI is InChI=1S/C16H26N2O/c1-18(13-14-7-3-2-4-8-14)16-10-6-5-9-15(16)17-11-12-19/h2-4,7-8,15-17,19H,5-6,9-13H2,1H3/t15-,16-/m1/s1. The third-order valence-corrected chi connectivity index (χ3v) is 4.09. The van der Waals surface area contributed by atoms with Crippen LogP contribution in [0.1, 0.15) is 31.2 Å². The van der Waals surface area contributed by atoms with Crippen LogP contribution in [0.3, 0.4) is 0 Å². The van der Waals surface area contributed by atoms with Crippen LogP contribution in [-0.4, -0.2) is 42.3 Å². The quantitative estimate of drug-likeness (QED) is 0.823. The molecule has 0 bridgehead atoms. The van der Waals surface area contributed by atoms with Crippen LogP contribution in [0.4, 0.5) is 0 Å². The summed E-state index contributed by atoms with van der Waals surface area (Å²) in [5, 5.41) is 12.5. The van der Waals surface area contributed by atoms with Crippen molar-refractivity contribution < 1.29 is 5.11 Å². The van der Waals surface area contributed by atoms with E-state index < -0.39 is 0 Å². The summed E-state index contributed by atoms with van der Waals surface area (Å²) in [5.41, 5.74) is 1.37. The SMILES string of the molecule is CN(Cc1ccccc1)[C@@H]1CCCC[C@H]1NCCO. The third kappa shape index (κ3) is 4.30. The highest BCUT2D eigenvalue weighted by molar-refractivity contribution is 5.14. The number of aliphatic hydroxyl groups excluding tert-OH is 1. The minimum Gasteiger partial charge on any atom is -0.395 e. The van der Waals surface area contributed by atoms with Crippen molar-refractivity contribution in [1.82, 2.24) is 10.2 Å². The molecule has 1 saturated carbocycles. The Hall–Kier alpha value is -0.900. The van der Waals surface area contributed by atoms with Gasteiger partial charge in [-0.25, -0.2) is 0 Å². The van der Waals surface area contributed by atoms with Crippen molar-refractivity contribution in [2.24, 2.45) is 0 Å². The molecule has 2 atom stereocenters. The van der Waals surface area contributed by atoms with Crippen LogP contribution >= 0.6 is 0 Å². The van der Waals surface area contributed by atoms with Crippen molar-refractivity contribution in [3.8, 4) is 0 Å². The topological polar surface area (TPSA) is 35.5 Å². The highest BCUT2D eigenvalue weighted by Crippen LogP contribution is 2.23. The van der Waals surface area contributed by atoms with Gasteiger partial charge in [0.1, 0.15) is 0 Å². The largest absolute Gasteiger partial charge is 0.395 e. The number of rotatable bonds is 6. The van der Waals surface area contributed by atoms with Crippen molar-refractivity contribution >= 4 is 0 Å². The molecule has 1 aromatic rings. The number of aliphatic hydroxyl groups is 1. The van der Waals surface area contributed by atoms with E-state index in [1.165, 1.54) is 31.2 Å². The molecule has 0 amide bonds. The fraction of sp³-hybridized carbons (Fsp3) is 0.625. The first-order valence-electron chi connectivity index (χ1n) is 7.39. The van der Waals surface area contributed by atoms with Crippen molar-refractivity contribution in [2.45, 2.75) is 44.3 Å². The van der Waals surface area contributed by atoms with Crippen LogP contribution in [0.5, 0.6) is 0 Å². The first kappa shape index (κ1) is 14.5. The second-order valence-corrected chi connectivity index (χ2v) is 5.54. The molecule has 19 heavy (non-hydrogen) atoms. The number of nitrogens with zero attached hydrogens (tertiary/aromatic N) is 1. The minimum absolute atomic E-state index is 0.228. The fourth-order valence-corrected chi connectivity index (χ4v) is 3.12. The number of benzene rings is 1. The average Bonchev–Trinajstić information content (AvgIpc) is 2.46. The summed E-state index contributed by atoms with van der Waals surface area (Å²) in [6, 6.07) is 11.8. The molecule has 1 aromatic carbocycles. The Balaban J connectivity index is 1.93. The van der Waals surface area contributed by atoms with Gasteiger partial charge in [-0.1, -0.05) is 43.2 Å². The van der Waals surface area contributed by atoms with Gasteiger partial charge in [0, 0.05) is 25.2 Å². The zero-order valence-corrected chi connectivity index (χ0v) is 11.9. The maximum atomic E-state index is 8.98. The van der Waals surface area contributed by atoms with Gasteiger partial charge in [0.15, 0.2) is 0 Å². The van der Waals surface area contributed by atoms with E-state index in [-0.39, 0.29) is 6.61 Å². The first-order chi connectivity index (χ1) is 9.31. The predicted octanol–water partition coefficient (Wildman–Crippen LogP) is 2.01. The van der Waals surface area contributed by atoms with Crippen molar-refractivity contribution in [3.63, 3.8) is 0 Å². The number of nitrogens with one attached hydrogen (secondary N) is 1. The molecule has 0 radical (unpaired) electrons. The van der Waals surface area contributed by atoms with E-state index in [0.29, 0.717) is 18.6 Å². The molecule has 2 N–H and O–H groups in total. The Kier molecular flexibility index (Phi) is 5.83. The molecule has 2 rings (SSSR count). The van der Waals surface area contributed by atoms with Crippen LogP contribution in [-0.2, 0) is 6.54 Å². The molecule has 0 unspecified atom stereocenters. The fourth-order valence-electron chi connectivity index (χ4n) is 3.12. The molecule has 3 heteroatoms. The molecule has 106 valence electrons. The van der Waals surface area contributed by atoms with Gasteiger partial charge in [0.2, 0.25) is 0 Å². The number of hydrogen-bond acceptors (Lipinski definition) is 3. The van der Waals surface area contributed by atoms with E-state index >= 15 is 0 Å². The van der Waals surface area contributed by atoms with Gasteiger partial charge in [-0.2, -0.15) is 0 Å².